The third-order valence-corrected chi connectivity index (χ3v) is 4.27. The predicted molar refractivity (Wildman–Crippen MR) is 90.2 cm³/mol. The summed E-state index contributed by atoms with van der Waals surface area (Å²) in [5.74, 6) is -1.06. The summed E-state index contributed by atoms with van der Waals surface area (Å²) in [6, 6.07) is 14.3. The molecule has 1 aliphatic heterocycles. The second-order valence-corrected chi connectivity index (χ2v) is 5.91. The summed E-state index contributed by atoms with van der Waals surface area (Å²) in [6.07, 6.45) is 0. The van der Waals surface area contributed by atoms with E-state index in [-0.39, 0.29) is 6.54 Å². The van der Waals surface area contributed by atoms with Gasteiger partial charge in [0.1, 0.15) is 18.6 Å². The quantitative estimate of drug-likeness (QED) is 0.648. The fraction of sp³-hybridized carbons (Fsp3) is 0.222. The van der Waals surface area contributed by atoms with Crippen LogP contribution in [-0.2, 0) is 15.1 Å². The third kappa shape index (κ3) is 2.78. The zero-order valence-corrected chi connectivity index (χ0v) is 13.6. The van der Waals surface area contributed by atoms with Gasteiger partial charge in [0.05, 0.1) is 6.07 Å². The molecule has 0 bridgehead atoms. The summed E-state index contributed by atoms with van der Waals surface area (Å²) >= 11 is 0. The van der Waals surface area contributed by atoms with E-state index in [1.807, 2.05) is 36.4 Å². The van der Waals surface area contributed by atoms with E-state index in [9.17, 15) is 14.4 Å². The summed E-state index contributed by atoms with van der Waals surface area (Å²) < 4.78 is 0. The standard InChI is InChI=1S/C18H16N4O3/c1-18(14-8-4-6-12-5-2-3-7-13(12)14)16(24)22(17(25)21-18)11-15(23)20-10-9-19/h2-8H,10-11H2,1H3,(H,20,23)(H,21,25). The molecule has 2 aromatic carbocycles. The first-order valence-corrected chi connectivity index (χ1v) is 7.73. The largest absolute Gasteiger partial charge is 0.341 e. The van der Waals surface area contributed by atoms with Crippen LogP contribution in [0.1, 0.15) is 12.5 Å². The monoisotopic (exact) mass is 336 g/mol. The Bertz CT molecular complexity index is 913. The molecule has 0 aromatic heterocycles. The Kier molecular flexibility index (Phi) is 4.11. The highest BCUT2D eigenvalue weighted by Gasteiger charge is 2.50. The second kappa shape index (κ2) is 6.24. The van der Waals surface area contributed by atoms with Crippen molar-refractivity contribution in [3.05, 3.63) is 48.0 Å². The summed E-state index contributed by atoms with van der Waals surface area (Å²) in [5.41, 5.74) is -0.586. The van der Waals surface area contributed by atoms with Gasteiger partial charge in [0.2, 0.25) is 5.91 Å². The van der Waals surface area contributed by atoms with Gasteiger partial charge in [-0.3, -0.25) is 14.5 Å². The predicted octanol–water partition coefficient (Wildman–Crippen LogP) is 1.25. The van der Waals surface area contributed by atoms with Crippen molar-refractivity contribution in [2.24, 2.45) is 0 Å². The third-order valence-electron chi connectivity index (χ3n) is 4.27. The van der Waals surface area contributed by atoms with E-state index >= 15 is 0 Å². The normalized spacial score (nSPS) is 19.6. The molecular weight excluding hydrogens is 320 g/mol. The number of hydrogen-bond acceptors (Lipinski definition) is 4. The molecule has 2 aromatic rings. The summed E-state index contributed by atoms with van der Waals surface area (Å²) in [4.78, 5) is 37.8. The van der Waals surface area contributed by atoms with E-state index in [1.54, 1.807) is 19.1 Å². The van der Waals surface area contributed by atoms with Crippen LogP contribution in [0.5, 0.6) is 0 Å². The molecule has 1 saturated heterocycles. The van der Waals surface area contributed by atoms with Crippen molar-refractivity contribution in [1.29, 1.82) is 5.26 Å². The van der Waals surface area contributed by atoms with Gasteiger partial charge in [-0.15, -0.1) is 0 Å². The Balaban J connectivity index is 1.94. The van der Waals surface area contributed by atoms with Crippen LogP contribution in [0.3, 0.4) is 0 Å². The van der Waals surface area contributed by atoms with Crippen molar-refractivity contribution in [2.45, 2.75) is 12.5 Å². The zero-order chi connectivity index (χ0) is 18.0. The number of carbonyl (C=O) groups is 3. The van der Waals surface area contributed by atoms with Crippen molar-refractivity contribution in [3.8, 4) is 6.07 Å². The molecule has 1 aliphatic rings. The maximum Gasteiger partial charge on any atom is 0.325 e. The summed E-state index contributed by atoms with van der Waals surface area (Å²) in [5, 5.41) is 15.3. The number of nitriles is 1. The Morgan fingerprint density at radius 2 is 1.96 bits per heavy atom. The number of rotatable bonds is 4. The van der Waals surface area contributed by atoms with Gasteiger partial charge in [0.15, 0.2) is 0 Å². The highest BCUT2D eigenvalue weighted by molar-refractivity contribution is 6.10. The van der Waals surface area contributed by atoms with Crippen molar-refractivity contribution in [3.63, 3.8) is 0 Å². The van der Waals surface area contributed by atoms with Crippen LogP contribution in [0.2, 0.25) is 0 Å². The fourth-order valence-electron chi connectivity index (χ4n) is 3.02. The molecule has 3 rings (SSSR count). The molecule has 0 radical (unpaired) electrons. The molecule has 1 heterocycles. The van der Waals surface area contributed by atoms with Crippen LogP contribution in [0.25, 0.3) is 10.8 Å². The van der Waals surface area contributed by atoms with Crippen LogP contribution in [0.15, 0.2) is 42.5 Å². The number of urea groups is 1. The lowest BCUT2D eigenvalue weighted by molar-refractivity contribution is -0.134. The molecule has 0 aliphatic carbocycles. The minimum Gasteiger partial charge on any atom is -0.341 e. The lowest BCUT2D eigenvalue weighted by Gasteiger charge is -2.24. The topological polar surface area (TPSA) is 102 Å². The van der Waals surface area contributed by atoms with Gasteiger partial charge in [0, 0.05) is 0 Å². The van der Waals surface area contributed by atoms with Gasteiger partial charge < -0.3 is 10.6 Å². The number of benzene rings is 2. The number of imide groups is 1. The van der Waals surface area contributed by atoms with Gasteiger partial charge in [-0.2, -0.15) is 5.26 Å². The molecule has 2 N–H and O–H groups in total. The summed E-state index contributed by atoms with van der Waals surface area (Å²) in [7, 11) is 0. The zero-order valence-electron chi connectivity index (χ0n) is 13.6. The SMILES string of the molecule is CC1(c2cccc3ccccc23)NC(=O)N(CC(=O)NCC#N)C1=O. The molecule has 25 heavy (non-hydrogen) atoms. The number of amides is 4. The molecule has 0 saturated carbocycles. The Morgan fingerprint density at radius 3 is 2.72 bits per heavy atom. The first-order chi connectivity index (χ1) is 12.0. The Morgan fingerprint density at radius 1 is 1.24 bits per heavy atom. The van der Waals surface area contributed by atoms with Crippen LogP contribution in [0.4, 0.5) is 4.79 Å². The molecule has 7 heteroatoms. The molecular formula is C18H16N4O3. The molecule has 4 amide bonds. The average Bonchev–Trinajstić information content (AvgIpc) is 2.83. The van der Waals surface area contributed by atoms with E-state index in [0.29, 0.717) is 5.56 Å². The van der Waals surface area contributed by atoms with Crippen LogP contribution in [0, 0.1) is 11.3 Å². The van der Waals surface area contributed by atoms with Gasteiger partial charge in [-0.05, 0) is 23.3 Å². The van der Waals surface area contributed by atoms with Crippen molar-refractivity contribution < 1.29 is 14.4 Å². The number of nitrogens with one attached hydrogen (secondary N) is 2. The molecule has 1 fully saturated rings. The number of hydrogen-bond donors (Lipinski definition) is 2. The van der Waals surface area contributed by atoms with E-state index in [4.69, 9.17) is 5.26 Å². The molecule has 126 valence electrons. The summed E-state index contributed by atoms with van der Waals surface area (Å²) in [6.45, 7) is 1.03. The average molecular weight is 336 g/mol. The highest BCUT2D eigenvalue weighted by atomic mass is 16.2. The van der Waals surface area contributed by atoms with E-state index in [2.05, 4.69) is 10.6 Å². The second-order valence-electron chi connectivity index (χ2n) is 5.91. The van der Waals surface area contributed by atoms with Crippen molar-refractivity contribution in [1.82, 2.24) is 15.5 Å². The number of carbonyl (C=O) groups excluding carboxylic acids is 3. The number of nitrogens with zero attached hydrogens (tertiary/aromatic N) is 2. The first-order valence-electron chi connectivity index (χ1n) is 7.73. The van der Waals surface area contributed by atoms with E-state index in [0.717, 1.165) is 15.7 Å². The molecule has 7 nitrogen and oxygen atoms in total. The highest BCUT2D eigenvalue weighted by Crippen LogP contribution is 2.33. The van der Waals surface area contributed by atoms with Crippen LogP contribution in [-0.4, -0.2) is 35.8 Å². The van der Waals surface area contributed by atoms with Gasteiger partial charge in [-0.1, -0.05) is 42.5 Å². The molecule has 1 atom stereocenters. The maximum absolute atomic E-state index is 12.9. The molecule has 0 spiro atoms. The lowest BCUT2D eigenvalue weighted by Crippen LogP contribution is -2.43. The van der Waals surface area contributed by atoms with Crippen molar-refractivity contribution >= 4 is 28.6 Å². The first kappa shape index (κ1) is 16.5. The maximum atomic E-state index is 12.9. The molecule has 1 unspecified atom stereocenters. The fourth-order valence-corrected chi connectivity index (χ4v) is 3.02. The smallest absolute Gasteiger partial charge is 0.325 e. The lowest BCUT2D eigenvalue weighted by atomic mass is 9.88. The van der Waals surface area contributed by atoms with Crippen LogP contribution >= 0.6 is 0 Å². The van der Waals surface area contributed by atoms with Crippen LogP contribution < -0.4 is 10.6 Å². The Hall–Kier alpha value is -3.40. The number of fused-ring (bicyclic) bond motifs is 1. The van der Waals surface area contributed by atoms with Crippen molar-refractivity contribution in [2.75, 3.05) is 13.1 Å². The minimum atomic E-state index is -1.26. The van der Waals surface area contributed by atoms with Gasteiger partial charge in [0.25, 0.3) is 5.91 Å². The van der Waals surface area contributed by atoms with E-state index in [1.165, 1.54) is 0 Å². The van der Waals surface area contributed by atoms with Gasteiger partial charge >= 0.3 is 6.03 Å². The van der Waals surface area contributed by atoms with Gasteiger partial charge in [-0.25, -0.2) is 4.79 Å². The van der Waals surface area contributed by atoms with E-state index < -0.39 is 29.9 Å². The Labute approximate surface area is 144 Å². The minimum absolute atomic E-state index is 0.178.